The van der Waals surface area contributed by atoms with Gasteiger partial charge in [-0.25, -0.2) is 0 Å². The van der Waals surface area contributed by atoms with Gasteiger partial charge in [0.15, 0.2) is 5.76 Å². The van der Waals surface area contributed by atoms with Crippen molar-refractivity contribution >= 4 is 11.9 Å². The monoisotopic (exact) mass is 313 g/mol. The second kappa shape index (κ2) is 6.30. The molecular weight excluding hydrogens is 294 g/mol. The van der Waals surface area contributed by atoms with Crippen LogP contribution >= 0.6 is 0 Å². The van der Waals surface area contributed by atoms with Crippen molar-refractivity contribution in [3.63, 3.8) is 0 Å². The minimum Gasteiger partial charge on any atom is -0.507 e. The number of furan rings is 1. The zero-order valence-electron chi connectivity index (χ0n) is 13.2. The zero-order chi connectivity index (χ0) is 16.4. The molecule has 2 aromatic rings. The minimum atomic E-state index is -0.197. The maximum atomic E-state index is 12.5. The predicted molar refractivity (Wildman–Crippen MR) is 86.4 cm³/mol. The van der Waals surface area contributed by atoms with Gasteiger partial charge < -0.3 is 14.3 Å². The number of aromatic hydroxyl groups is 1. The standard InChI is InChI=1S/C18H19NO4/c1-3-19(4-2)11-14-15(20)8-7-13-17(21)16(23-18(13)14)10-12-6-5-9-22-12/h5-10,20H,3-4,11H2,1-2H3/b16-10+. The maximum absolute atomic E-state index is 12.5. The normalized spacial score (nSPS) is 15.3. The van der Waals surface area contributed by atoms with Gasteiger partial charge in [-0.1, -0.05) is 13.8 Å². The van der Waals surface area contributed by atoms with E-state index in [0.29, 0.717) is 29.2 Å². The molecule has 5 nitrogen and oxygen atoms in total. The van der Waals surface area contributed by atoms with Crippen LogP contribution in [0.5, 0.6) is 11.5 Å². The summed E-state index contributed by atoms with van der Waals surface area (Å²) < 4.78 is 11.0. The molecule has 5 heteroatoms. The van der Waals surface area contributed by atoms with Gasteiger partial charge in [0.25, 0.3) is 0 Å². The smallest absolute Gasteiger partial charge is 0.232 e. The van der Waals surface area contributed by atoms with Crippen LogP contribution in [0.3, 0.4) is 0 Å². The molecule has 0 saturated carbocycles. The van der Waals surface area contributed by atoms with Crippen molar-refractivity contribution in [1.29, 1.82) is 0 Å². The Bertz CT molecular complexity index is 743. The Labute approximate surface area is 134 Å². The number of fused-ring (bicyclic) bond motifs is 1. The fourth-order valence-electron chi connectivity index (χ4n) is 2.62. The molecule has 0 atom stereocenters. The molecule has 1 aliphatic rings. The van der Waals surface area contributed by atoms with Gasteiger partial charge in [0.1, 0.15) is 17.3 Å². The third-order valence-electron chi connectivity index (χ3n) is 4.01. The number of benzene rings is 1. The van der Waals surface area contributed by atoms with Crippen LogP contribution in [0.25, 0.3) is 6.08 Å². The molecule has 0 bridgehead atoms. The van der Waals surface area contributed by atoms with Gasteiger partial charge in [-0.3, -0.25) is 9.69 Å². The second-order valence-corrected chi connectivity index (χ2v) is 5.36. The Morgan fingerprint density at radius 3 is 2.65 bits per heavy atom. The summed E-state index contributed by atoms with van der Waals surface area (Å²) in [6, 6.07) is 6.65. The highest BCUT2D eigenvalue weighted by molar-refractivity contribution is 6.14. The molecule has 0 fully saturated rings. The van der Waals surface area contributed by atoms with Crippen molar-refractivity contribution in [2.45, 2.75) is 20.4 Å². The van der Waals surface area contributed by atoms with Crippen molar-refractivity contribution in [3.05, 3.63) is 53.2 Å². The average Bonchev–Trinajstić information content (AvgIpc) is 3.16. The number of rotatable bonds is 5. The fraction of sp³-hybridized carbons (Fsp3) is 0.278. The van der Waals surface area contributed by atoms with Gasteiger partial charge in [-0.15, -0.1) is 0 Å². The highest BCUT2D eigenvalue weighted by Crippen LogP contribution is 2.40. The van der Waals surface area contributed by atoms with Gasteiger partial charge in [0.05, 0.1) is 17.4 Å². The third-order valence-corrected chi connectivity index (χ3v) is 4.01. The number of hydrogen-bond donors (Lipinski definition) is 1. The first kappa shape index (κ1) is 15.4. The molecule has 2 heterocycles. The number of hydrogen-bond acceptors (Lipinski definition) is 5. The molecular formula is C18H19NO4. The average molecular weight is 313 g/mol. The molecule has 0 saturated heterocycles. The molecule has 0 spiro atoms. The number of phenols is 1. The number of allylic oxidation sites excluding steroid dienone is 1. The van der Waals surface area contributed by atoms with E-state index < -0.39 is 0 Å². The van der Waals surface area contributed by atoms with Crippen LogP contribution in [-0.2, 0) is 6.54 Å². The van der Waals surface area contributed by atoms with Crippen LogP contribution in [-0.4, -0.2) is 28.9 Å². The number of Topliss-reactive ketones (excluding diaryl/α,β-unsaturated/α-hetero) is 1. The lowest BCUT2D eigenvalue weighted by Crippen LogP contribution is -2.22. The first-order chi connectivity index (χ1) is 11.1. The lowest BCUT2D eigenvalue weighted by molar-refractivity contribution is 0.101. The first-order valence-electron chi connectivity index (χ1n) is 7.69. The molecule has 1 N–H and O–H groups in total. The van der Waals surface area contributed by atoms with Crippen LogP contribution < -0.4 is 4.74 Å². The van der Waals surface area contributed by atoms with E-state index in [1.54, 1.807) is 30.3 Å². The Morgan fingerprint density at radius 1 is 1.22 bits per heavy atom. The van der Waals surface area contributed by atoms with Crippen LogP contribution in [0.2, 0.25) is 0 Å². The highest BCUT2D eigenvalue weighted by atomic mass is 16.5. The van der Waals surface area contributed by atoms with Gasteiger partial charge in [0, 0.05) is 12.6 Å². The molecule has 0 amide bonds. The Kier molecular flexibility index (Phi) is 4.21. The molecule has 0 aliphatic carbocycles. The molecule has 1 aliphatic heterocycles. The van der Waals surface area contributed by atoms with E-state index in [1.165, 1.54) is 6.26 Å². The number of ketones is 1. The van der Waals surface area contributed by atoms with E-state index in [1.807, 2.05) is 0 Å². The molecule has 1 aromatic carbocycles. The highest BCUT2D eigenvalue weighted by Gasteiger charge is 2.31. The Balaban J connectivity index is 1.98. The first-order valence-corrected chi connectivity index (χ1v) is 7.69. The topological polar surface area (TPSA) is 62.9 Å². The van der Waals surface area contributed by atoms with E-state index in [9.17, 15) is 9.90 Å². The Hall–Kier alpha value is -2.53. The summed E-state index contributed by atoms with van der Waals surface area (Å²) >= 11 is 0. The molecule has 23 heavy (non-hydrogen) atoms. The van der Waals surface area contributed by atoms with Crippen LogP contribution in [0, 0.1) is 0 Å². The zero-order valence-corrected chi connectivity index (χ0v) is 13.2. The van der Waals surface area contributed by atoms with Crippen molar-refractivity contribution < 1.29 is 19.1 Å². The summed E-state index contributed by atoms with van der Waals surface area (Å²) in [5.74, 6) is 1.15. The van der Waals surface area contributed by atoms with Gasteiger partial charge in [0.2, 0.25) is 5.78 Å². The molecule has 1 aromatic heterocycles. The van der Waals surface area contributed by atoms with Crippen molar-refractivity contribution in [1.82, 2.24) is 4.90 Å². The molecule has 120 valence electrons. The van der Waals surface area contributed by atoms with E-state index in [2.05, 4.69) is 18.7 Å². The quantitative estimate of drug-likeness (QED) is 0.857. The summed E-state index contributed by atoms with van der Waals surface area (Å²) in [5.41, 5.74) is 1.12. The molecule has 0 radical (unpaired) electrons. The second-order valence-electron chi connectivity index (χ2n) is 5.36. The van der Waals surface area contributed by atoms with E-state index in [4.69, 9.17) is 9.15 Å². The summed E-state index contributed by atoms with van der Waals surface area (Å²) in [7, 11) is 0. The van der Waals surface area contributed by atoms with Crippen LogP contribution in [0.1, 0.15) is 35.5 Å². The molecule has 3 rings (SSSR count). The van der Waals surface area contributed by atoms with E-state index >= 15 is 0 Å². The fourth-order valence-corrected chi connectivity index (χ4v) is 2.62. The SMILES string of the molecule is CCN(CC)Cc1c(O)ccc2c1O/C(=C/c1ccco1)C2=O. The van der Waals surface area contributed by atoms with Gasteiger partial charge in [-0.05, 0) is 37.4 Å². The predicted octanol–water partition coefficient (Wildman–Crippen LogP) is 3.44. The minimum absolute atomic E-state index is 0.141. The summed E-state index contributed by atoms with van der Waals surface area (Å²) in [6.07, 6.45) is 3.11. The Morgan fingerprint density at radius 2 is 2.00 bits per heavy atom. The summed E-state index contributed by atoms with van der Waals surface area (Å²) in [5, 5.41) is 10.2. The summed E-state index contributed by atoms with van der Waals surface area (Å²) in [6.45, 7) is 6.34. The maximum Gasteiger partial charge on any atom is 0.232 e. The number of ether oxygens (including phenoxy) is 1. The summed E-state index contributed by atoms with van der Waals surface area (Å²) in [4.78, 5) is 14.6. The number of phenolic OH excluding ortho intramolecular Hbond substituents is 1. The number of nitrogens with zero attached hydrogens (tertiary/aromatic N) is 1. The van der Waals surface area contributed by atoms with E-state index in [0.717, 1.165) is 13.1 Å². The lowest BCUT2D eigenvalue weighted by atomic mass is 10.0. The van der Waals surface area contributed by atoms with Gasteiger partial charge in [-0.2, -0.15) is 0 Å². The van der Waals surface area contributed by atoms with Crippen molar-refractivity contribution in [3.8, 4) is 11.5 Å². The van der Waals surface area contributed by atoms with E-state index in [-0.39, 0.29) is 17.3 Å². The number of carbonyl (C=O) groups is 1. The molecule has 0 unspecified atom stereocenters. The third kappa shape index (κ3) is 2.87. The van der Waals surface area contributed by atoms with Crippen molar-refractivity contribution in [2.75, 3.05) is 13.1 Å². The van der Waals surface area contributed by atoms with Gasteiger partial charge >= 0.3 is 0 Å². The lowest BCUT2D eigenvalue weighted by Gasteiger charge is -2.20. The number of carbonyl (C=O) groups excluding carboxylic acids is 1. The van der Waals surface area contributed by atoms with Crippen molar-refractivity contribution in [2.24, 2.45) is 0 Å². The van der Waals surface area contributed by atoms with Crippen LogP contribution in [0.15, 0.2) is 40.7 Å². The largest absolute Gasteiger partial charge is 0.507 e. The van der Waals surface area contributed by atoms with Crippen LogP contribution in [0.4, 0.5) is 0 Å².